The van der Waals surface area contributed by atoms with E-state index in [-0.39, 0.29) is 23.6 Å². The van der Waals surface area contributed by atoms with Gasteiger partial charge in [0.2, 0.25) is 5.91 Å². The molecular weight excluding hydrogens is 403 g/mol. The summed E-state index contributed by atoms with van der Waals surface area (Å²) in [4.78, 5) is 12.4. The largest absolute Gasteiger partial charge is 0.376 e. The van der Waals surface area contributed by atoms with Gasteiger partial charge in [0, 0.05) is 17.9 Å². The van der Waals surface area contributed by atoms with Gasteiger partial charge < -0.3 is 10.1 Å². The summed E-state index contributed by atoms with van der Waals surface area (Å²) >= 11 is 1.33. The molecule has 0 aliphatic carbocycles. The molecule has 1 aliphatic heterocycles. The number of rotatable bonds is 7. The minimum absolute atomic E-state index is 0.0842. The molecule has 1 unspecified atom stereocenters. The number of carbonyl (C=O) groups excluding carboxylic acids is 1. The van der Waals surface area contributed by atoms with Gasteiger partial charge in [-0.15, -0.1) is 10.2 Å². The van der Waals surface area contributed by atoms with Crippen molar-refractivity contribution in [2.75, 3.05) is 17.7 Å². The first-order valence-corrected chi connectivity index (χ1v) is 10.9. The number of amides is 1. The molecule has 0 bridgehead atoms. The number of nitrogens with one attached hydrogen (secondary N) is 1. The molecule has 1 aromatic heterocycles. The molecular formula is C22H23FN4O2S. The molecule has 0 saturated carbocycles. The van der Waals surface area contributed by atoms with Crippen LogP contribution in [0.4, 0.5) is 10.1 Å². The highest BCUT2D eigenvalue weighted by Gasteiger charge is 2.22. The molecule has 1 amide bonds. The van der Waals surface area contributed by atoms with Gasteiger partial charge in [-0.05, 0) is 56.2 Å². The quantitative estimate of drug-likeness (QED) is 0.571. The van der Waals surface area contributed by atoms with Crippen molar-refractivity contribution >= 4 is 23.4 Å². The average molecular weight is 427 g/mol. The lowest BCUT2D eigenvalue weighted by atomic mass is 10.2. The topological polar surface area (TPSA) is 69.0 Å². The number of aryl methyl sites for hydroxylation is 1. The first kappa shape index (κ1) is 20.6. The molecule has 4 rings (SSSR count). The van der Waals surface area contributed by atoms with Crippen LogP contribution in [0.15, 0.2) is 53.7 Å². The number of nitrogens with zero attached hydrogens (tertiary/aromatic N) is 3. The highest BCUT2D eigenvalue weighted by Crippen LogP contribution is 2.27. The fraction of sp³-hybridized carbons (Fsp3) is 0.318. The molecule has 1 saturated heterocycles. The molecule has 2 aromatic carbocycles. The molecule has 30 heavy (non-hydrogen) atoms. The lowest BCUT2D eigenvalue weighted by Crippen LogP contribution is -2.18. The number of anilines is 1. The maximum atomic E-state index is 13.3. The number of hydrogen-bond donors (Lipinski definition) is 1. The Morgan fingerprint density at radius 1 is 1.20 bits per heavy atom. The molecule has 1 aliphatic rings. The van der Waals surface area contributed by atoms with Crippen LogP contribution in [-0.4, -0.2) is 39.1 Å². The second-order valence-corrected chi connectivity index (χ2v) is 8.20. The SMILES string of the molecule is Cc1ccc(NC(=O)CSc2nnc(-c3ccc(F)cc3)n2CC2CCCO2)cc1. The molecule has 2 heterocycles. The second kappa shape index (κ2) is 9.40. The normalized spacial score (nSPS) is 16.0. The summed E-state index contributed by atoms with van der Waals surface area (Å²) in [6.45, 7) is 3.35. The number of hydrogen-bond acceptors (Lipinski definition) is 5. The lowest BCUT2D eigenvalue weighted by Gasteiger charge is -2.14. The van der Waals surface area contributed by atoms with Crippen molar-refractivity contribution in [2.24, 2.45) is 0 Å². The van der Waals surface area contributed by atoms with Gasteiger partial charge in [0.05, 0.1) is 18.4 Å². The van der Waals surface area contributed by atoms with E-state index >= 15 is 0 Å². The van der Waals surface area contributed by atoms with Gasteiger partial charge in [0.15, 0.2) is 11.0 Å². The van der Waals surface area contributed by atoms with E-state index in [2.05, 4.69) is 15.5 Å². The van der Waals surface area contributed by atoms with Gasteiger partial charge in [-0.2, -0.15) is 0 Å². The van der Waals surface area contributed by atoms with Gasteiger partial charge >= 0.3 is 0 Å². The molecule has 1 atom stereocenters. The van der Waals surface area contributed by atoms with Crippen LogP contribution >= 0.6 is 11.8 Å². The van der Waals surface area contributed by atoms with Crippen molar-refractivity contribution in [3.05, 3.63) is 59.9 Å². The lowest BCUT2D eigenvalue weighted by molar-refractivity contribution is -0.113. The van der Waals surface area contributed by atoms with E-state index in [1.807, 2.05) is 35.8 Å². The van der Waals surface area contributed by atoms with E-state index in [1.54, 1.807) is 12.1 Å². The summed E-state index contributed by atoms with van der Waals surface area (Å²) in [6, 6.07) is 13.8. The summed E-state index contributed by atoms with van der Waals surface area (Å²) in [6.07, 6.45) is 2.08. The van der Waals surface area contributed by atoms with Gasteiger partial charge in [-0.3, -0.25) is 9.36 Å². The van der Waals surface area contributed by atoms with E-state index < -0.39 is 0 Å². The van der Waals surface area contributed by atoms with Gasteiger partial charge in [0.25, 0.3) is 0 Å². The van der Waals surface area contributed by atoms with E-state index in [0.29, 0.717) is 17.5 Å². The van der Waals surface area contributed by atoms with Crippen LogP contribution in [0.3, 0.4) is 0 Å². The number of benzene rings is 2. The van der Waals surface area contributed by atoms with E-state index in [9.17, 15) is 9.18 Å². The summed E-state index contributed by atoms with van der Waals surface area (Å²) in [5.74, 6) is 0.443. The Bertz CT molecular complexity index is 999. The van der Waals surface area contributed by atoms with Crippen molar-refractivity contribution < 1.29 is 13.9 Å². The predicted octanol–water partition coefficient (Wildman–Crippen LogP) is 4.30. The first-order chi connectivity index (χ1) is 14.6. The summed E-state index contributed by atoms with van der Waals surface area (Å²) < 4.78 is 21.1. The van der Waals surface area contributed by atoms with Crippen LogP contribution in [0.1, 0.15) is 18.4 Å². The Labute approximate surface area is 178 Å². The highest BCUT2D eigenvalue weighted by atomic mass is 32.2. The van der Waals surface area contributed by atoms with Crippen LogP contribution in [0, 0.1) is 12.7 Å². The van der Waals surface area contributed by atoms with E-state index in [1.165, 1.54) is 23.9 Å². The standard InChI is InChI=1S/C22H23FN4O2S/c1-15-4-10-18(11-5-15)24-20(28)14-30-22-26-25-21(16-6-8-17(23)9-7-16)27(22)13-19-3-2-12-29-19/h4-11,19H,2-3,12-14H2,1H3,(H,24,28). The molecule has 0 spiro atoms. The number of carbonyl (C=O) groups is 1. The Balaban J connectivity index is 1.49. The van der Waals surface area contributed by atoms with E-state index in [4.69, 9.17) is 4.74 Å². The van der Waals surface area contributed by atoms with Gasteiger partial charge in [-0.25, -0.2) is 4.39 Å². The molecule has 1 N–H and O–H groups in total. The third-order valence-corrected chi connectivity index (χ3v) is 5.86. The fourth-order valence-electron chi connectivity index (χ4n) is 3.33. The molecule has 6 nitrogen and oxygen atoms in total. The molecule has 3 aromatic rings. The second-order valence-electron chi connectivity index (χ2n) is 7.26. The fourth-order valence-corrected chi connectivity index (χ4v) is 4.08. The average Bonchev–Trinajstić information content (AvgIpc) is 3.39. The molecule has 156 valence electrons. The molecule has 1 fully saturated rings. The van der Waals surface area contributed by atoms with Crippen molar-refractivity contribution in [3.8, 4) is 11.4 Å². The van der Waals surface area contributed by atoms with Crippen molar-refractivity contribution in [2.45, 2.75) is 37.6 Å². The predicted molar refractivity (Wildman–Crippen MR) is 115 cm³/mol. The van der Waals surface area contributed by atoms with Crippen molar-refractivity contribution in [1.29, 1.82) is 0 Å². The van der Waals surface area contributed by atoms with Crippen LogP contribution in [0.2, 0.25) is 0 Å². The summed E-state index contributed by atoms with van der Waals surface area (Å²) in [5, 5.41) is 12.1. The minimum atomic E-state index is -0.300. The zero-order chi connectivity index (χ0) is 20.9. The zero-order valence-corrected chi connectivity index (χ0v) is 17.5. The van der Waals surface area contributed by atoms with Crippen molar-refractivity contribution in [3.63, 3.8) is 0 Å². The van der Waals surface area contributed by atoms with Crippen LogP contribution in [-0.2, 0) is 16.1 Å². The smallest absolute Gasteiger partial charge is 0.234 e. The Hall–Kier alpha value is -2.71. The summed E-state index contributed by atoms with van der Waals surface area (Å²) in [5.41, 5.74) is 2.68. The Morgan fingerprint density at radius 3 is 2.67 bits per heavy atom. The minimum Gasteiger partial charge on any atom is -0.376 e. The first-order valence-electron chi connectivity index (χ1n) is 9.88. The molecule has 8 heteroatoms. The maximum Gasteiger partial charge on any atom is 0.234 e. The Morgan fingerprint density at radius 2 is 1.97 bits per heavy atom. The van der Waals surface area contributed by atoms with Gasteiger partial charge in [-0.1, -0.05) is 29.5 Å². The number of thioether (sulfide) groups is 1. The third-order valence-electron chi connectivity index (χ3n) is 4.90. The highest BCUT2D eigenvalue weighted by molar-refractivity contribution is 7.99. The van der Waals surface area contributed by atoms with Gasteiger partial charge in [0.1, 0.15) is 5.82 Å². The van der Waals surface area contributed by atoms with Crippen molar-refractivity contribution in [1.82, 2.24) is 14.8 Å². The number of aromatic nitrogens is 3. The monoisotopic (exact) mass is 426 g/mol. The van der Waals surface area contributed by atoms with Crippen LogP contribution < -0.4 is 5.32 Å². The van der Waals surface area contributed by atoms with Crippen LogP contribution in [0.25, 0.3) is 11.4 Å². The third kappa shape index (κ3) is 5.06. The number of ether oxygens (including phenoxy) is 1. The maximum absolute atomic E-state index is 13.3. The Kier molecular flexibility index (Phi) is 6.44. The molecule has 0 radical (unpaired) electrons. The summed E-state index contributed by atoms with van der Waals surface area (Å²) in [7, 11) is 0. The number of halogens is 1. The van der Waals surface area contributed by atoms with E-state index in [0.717, 1.165) is 36.3 Å². The van der Waals surface area contributed by atoms with Crippen LogP contribution in [0.5, 0.6) is 0 Å². The zero-order valence-electron chi connectivity index (χ0n) is 16.7.